The van der Waals surface area contributed by atoms with Crippen molar-refractivity contribution in [3.05, 3.63) is 66.4 Å². The van der Waals surface area contributed by atoms with Gasteiger partial charge in [0.1, 0.15) is 11.5 Å². The number of nitrogens with zero attached hydrogens (tertiary/aromatic N) is 4. The number of fused-ring (bicyclic) bond motifs is 1. The van der Waals surface area contributed by atoms with Gasteiger partial charge in [0.25, 0.3) is 0 Å². The summed E-state index contributed by atoms with van der Waals surface area (Å²) in [5.41, 5.74) is 1.17. The van der Waals surface area contributed by atoms with Gasteiger partial charge in [-0.15, -0.1) is 29.1 Å². The highest BCUT2D eigenvalue weighted by Gasteiger charge is 2.21. The maximum Gasteiger partial charge on any atom is 0.191 e. The van der Waals surface area contributed by atoms with E-state index in [1.54, 1.807) is 12.5 Å². The molecule has 1 aliphatic heterocycles. The topological polar surface area (TPSA) is 89.5 Å². The summed E-state index contributed by atoms with van der Waals surface area (Å²) in [5, 5.41) is 14.8. The molecule has 0 saturated heterocycles. The molecule has 30 heavy (non-hydrogen) atoms. The van der Waals surface area contributed by atoms with Crippen LogP contribution in [0, 0.1) is 0 Å². The number of benzene rings is 1. The fraction of sp³-hybridized carbons (Fsp3) is 0.381. The van der Waals surface area contributed by atoms with Gasteiger partial charge in [-0.1, -0.05) is 23.4 Å². The summed E-state index contributed by atoms with van der Waals surface area (Å²) in [6.07, 6.45) is 7.84. The van der Waals surface area contributed by atoms with E-state index in [0.29, 0.717) is 13.2 Å². The lowest BCUT2D eigenvalue weighted by atomic mass is 10.0. The van der Waals surface area contributed by atoms with Crippen LogP contribution in [0.4, 0.5) is 0 Å². The molecule has 0 amide bonds. The SMILES string of the molecule is I.c1coc(CCNC(=NCCCn2ccnn2)NC2CCOc3ccccc32)c1. The lowest BCUT2D eigenvalue weighted by molar-refractivity contribution is 0.261. The summed E-state index contributed by atoms with van der Waals surface area (Å²) in [6, 6.07) is 12.2. The van der Waals surface area contributed by atoms with Crippen LogP contribution in [0.2, 0.25) is 0 Å². The number of para-hydroxylation sites is 1. The van der Waals surface area contributed by atoms with Crippen molar-refractivity contribution in [2.45, 2.75) is 31.8 Å². The van der Waals surface area contributed by atoms with Crippen molar-refractivity contribution in [2.24, 2.45) is 4.99 Å². The summed E-state index contributed by atoms with van der Waals surface area (Å²) in [6.45, 7) is 2.93. The van der Waals surface area contributed by atoms with Crippen LogP contribution in [0.3, 0.4) is 0 Å². The van der Waals surface area contributed by atoms with E-state index in [1.807, 2.05) is 41.2 Å². The Kier molecular flexibility index (Phi) is 8.54. The second-order valence-electron chi connectivity index (χ2n) is 6.88. The highest BCUT2D eigenvalue weighted by Crippen LogP contribution is 2.31. The number of ether oxygens (including phenoxy) is 1. The molecule has 0 bridgehead atoms. The number of halogens is 1. The lowest BCUT2D eigenvalue weighted by Crippen LogP contribution is -2.42. The second-order valence-corrected chi connectivity index (χ2v) is 6.88. The molecule has 8 nitrogen and oxygen atoms in total. The first-order valence-electron chi connectivity index (χ1n) is 10.0. The fourth-order valence-corrected chi connectivity index (χ4v) is 3.34. The van der Waals surface area contributed by atoms with E-state index < -0.39 is 0 Å². The van der Waals surface area contributed by atoms with E-state index >= 15 is 0 Å². The Balaban J connectivity index is 0.00000256. The predicted octanol–water partition coefficient (Wildman–Crippen LogP) is 3.18. The Morgan fingerprint density at radius 2 is 2.17 bits per heavy atom. The number of furan rings is 1. The van der Waals surface area contributed by atoms with Gasteiger partial charge in [0.05, 0.1) is 25.1 Å². The predicted molar refractivity (Wildman–Crippen MR) is 125 cm³/mol. The van der Waals surface area contributed by atoms with Crippen LogP contribution in [0.25, 0.3) is 0 Å². The minimum atomic E-state index is 0. The third-order valence-electron chi connectivity index (χ3n) is 4.80. The molecule has 2 N–H and O–H groups in total. The van der Waals surface area contributed by atoms with E-state index in [-0.39, 0.29) is 30.0 Å². The average Bonchev–Trinajstić information content (AvgIpc) is 3.45. The van der Waals surface area contributed by atoms with Crippen molar-refractivity contribution in [2.75, 3.05) is 19.7 Å². The minimum Gasteiger partial charge on any atom is -0.493 e. The molecule has 9 heteroatoms. The number of aromatic nitrogens is 3. The molecule has 0 fully saturated rings. The molecule has 0 spiro atoms. The largest absolute Gasteiger partial charge is 0.493 e. The van der Waals surface area contributed by atoms with Gasteiger partial charge in [0.2, 0.25) is 0 Å². The van der Waals surface area contributed by atoms with Crippen molar-refractivity contribution < 1.29 is 9.15 Å². The lowest BCUT2D eigenvalue weighted by Gasteiger charge is -2.28. The smallest absolute Gasteiger partial charge is 0.191 e. The molecule has 160 valence electrons. The zero-order chi connectivity index (χ0) is 19.7. The van der Waals surface area contributed by atoms with E-state index in [2.05, 4.69) is 27.0 Å². The van der Waals surface area contributed by atoms with E-state index in [0.717, 1.165) is 49.8 Å². The number of hydrogen-bond acceptors (Lipinski definition) is 5. The highest BCUT2D eigenvalue weighted by atomic mass is 127. The normalized spacial score (nSPS) is 15.6. The molecule has 0 saturated carbocycles. The van der Waals surface area contributed by atoms with Crippen LogP contribution in [-0.2, 0) is 13.0 Å². The van der Waals surface area contributed by atoms with Gasteiger partial charge in [-0.05, 0) is 24.6 Å². The molecule has 3 heterocycles. The monoisotopic (exact) mass is 522 g/mol. The molecule has 1 aliphatic rings. The molecule has 1 aromatic carbocycles. The van der Waals surface area contributed by atoms with Crippen LogP contribution in [0.15, 0.2) is 64.5 Å². The summed E-state index contributed by atoms with van der Waals surface area (Å²) in [4.78, 5) is 4.77. The molecule has 3 aromatic rings. The zero-order valence-corrected chi connectivity index (χ0v) is 19.1. The summed E-state index contributed by atoms with van der Waals surface area (Å²) < 4.78 is 13.0. The molecular weight excluding hydrogens is 495 g/mol. The summed E-state index contributed by atoms with van der Waals surface area (Å²) >= 11 is 0. The quantitative estimate of drug-likeness (QED) is 0.205. The Morgan fingerprint density at radius 1 is 1.23 bits per heavy atom. The Bertz CT molecular complexity index is 898. The van der Waals surface area contributed by atoms with Crippen molar-refractivity contribution in [3.63, 3.8) is 0 Å². The van der Waals surface area contributed by atoms with Gasteiger partial charge >= 0.3 is 0 Å². The Morgan fingerprint density at radius 3 is 3.00 bits per heavy atom. The van der Waals surface area contributed by atoms with Crippen molar-refractivity contribution in [1.82, 2.24) is 25.6 Å². The molecule has 0 aliphatic carbocycles. The maximum atomic E-state index is 5.78. The van der Waals surface area contributed by atoms with Crippen LogP contribution < -0.4 is 15.4 Å². The number of aryl methyl sites for hydroxylation is 1. The number of aliphatic imine (C=N–C) groups is 1. The van der Waals surface area contributed by atoms with Gasteiger partial charge in [-0.3, -0.25) is 9.67 Å². The molecule has 4 rings (SSSR count). The van der Waals surface area contributed by atoms with Crippen molar-refractivity contribution in [1.29, 1.82) is 0 Å². The standard InChI is InChI=1S/C21H26N6O2.HI/c1-2-7-20-18(6-1)19(9-16-29-20)25-21(23-11-8-17-5-3-15-28-17)22-10-4-13-27-14-12-24-26-27;/h1-3,5-7,12,14-15,19H,4,8-11,13,16H2,(H2,22,23,25);1H. The molecule has 1 atom stereocenters. The van der Waals surface area contributed by atoms with Crippen LogP contribution in [-0.4, -0.2) is 40.6 Å². The van der Waals surface area contributed by atoms with Gasteiger partial charge in [0, 0.05) is 44.2 Å². The van der Waals surface area contributed by atoms with Crippen LogP contribution >= 0.6 is 24.0 Å². The average molecular weight is 522 g/mol. The number of guanidine groups is 1. The third kappa shape index (κ3) is 6.22. The summed E-state index contributed by atoms with van der Waals surface area (Å²) in [7, 11) is 0. The molecule has 1 unspecified atom stereocenters. The van der Waals surface area contributed by atoms with Crippen LogP contribution in [0.5, 0.6) is 5.75 Å². The van der Waals surface area contributed by atoms with Crippen molar-refractivity contribution >= 4 is 29.9 Å². The first-order valence-corrected chi connectivity index (χ1v) is 10.0. The van der Waals surface area contributed by atoms with Gasteiger partial charge in [0.15, 0.2) is 5.96 Å². The highest BCUT2D eigenvalue weighted by molar-refractivity contribution is 14.0. The van der Waals surface area contributed by atoms with Gasteiger partial charge in [-0.2, -0.15) is 0 Å². The fourth-order valence-electron chi connectivity index (χ4n) is 3.34. The van der Waals surface area contributed by atoms with E-state index in [1.165, 1.54) is 5.56 Å². The summed E-state index contributed by atoms with van der Waals surface area (Å²) in [5.74, 6) is 2.70. The first kappa shape index (κ1) is 22.1. The molecular formula is C21H27IN6O2. The Labute approximate surface area is 193 Å². The van der Waals surface area contributed by atoms with Gasteiger partial charge in [-0.25, -0.2) is 0 Å². The van der Waals surface area contributed by atoms with E-state index in [4.69, 9.17) is 14.1 Å². The maximum absolute atomic E-state index is 5.78. The number of nitrogens with one attached hydrogen (secondary N) is 2. The second kappa shape index (κ2) is 11.6. The number of rotatable bonds is 8. The molecule has 2 aromatic heterocycles. The van der Waals surface area contributed by atoms with Crippen molar-refractivity contribution in [3.8, 4) is 5.75 Å². The third-order valence-corrected chi connectivity index (χ3v) is 4.80. The first-order chi connectivity index (χ1) is 14.4. The Hall–Kier alpha value is -2.56. The zero-order valence-electron chi connectivity index (χ0n) is 16.7. The van der Waals surface area contributed by atoms with Gasteiger partial charge < -0.3 is 19.8 Å². The number of hydrogen-bond donors (Lipinski definition) is 2. The molecule has 0 radical (unpaired) electrons. The minimum absolute atomic E-state index is 0. The van der Waals surface area contributed by atoms with E-state index in [9.17, 15) is 0 Å². The van der Waals surface area contributed by atoms with Crippen LogP contribution in [0.1, 0.15) is 30.2 Å².